The summed E-state index contributed by atoms with van der Waals surface area (Å²) in [6.45, 7) is 4.87. The van der Waals surface area contributed by atoms with Gasteiger partial charge in [-0.15, -0.1) is 0 Å². The van der Waals surface area contributed by atoms with E-state index in [9.17, 15) is 0 Å². The predicted octanol–water partition coefficient (Wildman–Crippen LogP) is -2.11. The average molecular weight is 74.5 g/mol. The summed E-state index contributed by atoms with van der Waals surface area (Å²) in [5.74, 6) is 0. The van der Waals surface area contributed by atoms with E-state index in [1.54, 1.807) is 20.6 Å². The summed E-state index contributed by atoms with van der Waals surface area (Å²) >= 11 is 0. The molecule has 0 bridgehead atoms. The Hall–Kier alpha value is -0.405. The third-order valence-corrected chi connectivity index (χ3v) is 0.409. The van der Waals surface area contributed by atoms with E-state index in [4.69, 9.17) is 0 Å². The molecule has 0 atom stereocenters. The Morgan fingerprint density at radius 3 is 1.83 bits per heavy atom. The van der Waals surface area contributed by atoms with Crippen molar-refractivity contribution in [3.63, 3.8) is 0 Å². The van der Waals surface area contributed by atoms with E-state index in [-0.39, 0.29) is 0 Å². The van der Waals surface area contributed by atoms with Crippen molar-refractivity contribution in [2.24, 2.45) is 0 Å². The van der Waals surface area contributed by atoms with E-state index in [0.29, 0.717) is 0 Å². The van der Waals surface area contributed by atoms with Gasteiger partial charge in [-0.25, -0.2) is 0 Å². The molecule has 0 radical (unpaired) electrons. The second kappa shape index (κ2) is 1.90. The summed E-state index contributed by atoms with van der Waals surface area (Å²) in [5.41, 5.74) is 0. The Kier molecular flexibility index (Phi) is 1.19. The van der Waals surface area contributed by atoms with Crippen molar-refractivity contribution in [3.8, 4) is 0 Å². The minimum atomic E-state index is 1.58. The number of nitrogens with zero attached hydrogens (tertiary/aromatic N) is 3. The van der Waals surface area contributed by atoms with E-state index in [0.717, 1.165) is 0 Å². The van der Waals surface area contributed by atoms with Crippen LogP contribution in [0.5, 0.6) is 0 Å². The summed E-state index contributed by atoms with van der Waals surface area (Å²) in [6.07, 6.45) is 0. The molecule has 6 heteroatoms. The monoisotopic (exact) mass is 75.0 g/mol. The number of rotatable bonds is 0. The van der Waals surface area contributed by atoms with Gasteiger partial charge in [0.15, 0.2) is 0 Å². The van der Waals surface area contributed by atoms with Crippen LogP contribution in [0.4, 0.5) is 0 Å². The third kappa shape index (κ3) is 0.773. The van der Waals surface area contributed by atoms with Crippen LogP contribution in [0.2, 0.25) is 0 Å². The summed E-state index contributed by atoms with van der Waals surface area (Å²) in [4.78, 5) is 0. The Labute approximate surface area is 36.8 Å². The van der Waals surface area contributed by atoms with Crippen LogP contribution in [0.1, 0.15) is 0 Å². The van der Waals surface area contributed by atoms with Crippen molar-refractivity contribution >= 4 is 20.6 Å². The molecule has 0 amide bonds. The Morgan fingerprint density at radius 1 is 1.00 bits per heavy atom. The first kappa shape index (κ1) is 3.77. The van der Waals surface area contributed by atoms with Gasteiger partial charge in [0, 0.05) is 0 Å². The molecule has 0 saturated carbocycles. The zero-order valence-electron chi connectivity index (χ0n) is 3.07. The van der Waals surface area contributed by atoms with Crippen LogP contribution in [0.3, 0.4) is 0 Å². The SMILES string of the molecule is b1bnnnb1. The van der Waals surface area contributed by atoms with Gasteiger partial charge in [-0.05, 0) is 0 Å². The van der Waals surface area contributed by atoms with Gasteiger partial charge in [0.25, 0.3) is 0 Å². The number of aromatic nitrogens is 3. The first-order chi connectivity index (χ1) is 3.00. The molecule has 1 aromatic heterocycles. The van der Waals surface area contributed by atoms with Gasteiger partial charge >= 0.3 is 35.8 Å². The minimum absolute atomic E-state index is 1.58. The first-order valence-corrected chi connectivity index (χ1v) is 1.58. The van der Waals surface area contributed by atoms with Gasteiger partial charge in [-0.2, -0.15) is 0 Å². The average Bonchev–Trinajstić information content (AvgIpc) is 1.72. The van der Waals surface area contributed by atoms with Crippen LogP contribution in [-0.4, -0.2) is 35.8 Å². The quantitative estimate of drug-likeness (QED) is 0.353. The van der Waals surface area contributed by atoms with Crippen molar-refractivity contribution in [2.45, 2.75) is 0 Å². The second-order valence-corrected chi connectivity index (χ2v) is 0.811. The molecule has 1 aromatic rings. The Morgan fingerprint density at radius 2 is 1.67 bits per heavy atom. The Balaban J connectivity index is 3.00. The molecule has 0 aliphatic heterocycles. The van der Waals surface area contributed by atoms with E-state index < -0.39 is 0 Å². The van der Waals surface area contributed by atoms with Crippen LogP contribution >= 0.6 is 0 Å². The number of hydrogen-bond donors (Lipinski definition) is 0. The summed E-state index contributed by atoms with van der Waals surface area (Å²) in [6, 6.07) is 0. The van der Waals surface area contributed by atoms with Crippen molar-refractivity contribution < 1.29 is 0 Å². The summed E-state index contributed by atoms with van der Waals surface area (Å²) in [5, 5.41) is 10.1. The molecule has 0 aliphatic rings. The normalized spacial score (nSPS) is 6.00. The predicted molar refractivity (Wildman–Crippen MR) is 23.9 cm³/mol. The maximum atomic E-state index is 3.42. The molecule has 1 rings (SSSR count). The van der Waals surface area contributed by atoms with E-state index in [2.05, 4.69) is 15.2 Å². The summed E-state index contributed by atoms with van der Waals surface area (Å²) < 4.78 is 0. The fraction of sp³-hybridized carbons (Fsp3) is 0. The van der Waals surface area contributed by atoms with Gasteiger partial charge in [0.2, 0.25) is 0 Å². The van der Waals surface area contributed by atoms with Gasteiger partial charge in [-0.3, -0.25) is 0 Å². The van der Waals surface area contributed by atoms with Crippen LogP contribution in [0.15, 0.2) is 0 Å². The fourth-order valence-electron chi connectivity index (χ4n) is 0.205. The molecular weight excluding hydrogens is 74.5 g/mol. The van der Waals surface area contributed by atoms with Gasteiger partial charge in [0.05, 0.1) is 0 Å². The molecule has 24 valence electrons. The molecule has 0 unspecified atom stereocenters. The zero-order chi connectivity index (χ0) is 4.24. The molecule has 0 aromatic carbocycles. The van der Waals surface area contributed by atoms with Gasteiger partial charge in [-0.1, -0.05) is 0 Å². The Bertz CT molecular complexity index is 78.0. The van der Waals surface area contributed by atoms with Crippen LogP contribution in [-0.2, 0) is 0 Å². The van der Waals surface area contributed by atoms with Gasteiger partial charge < -0.3 is 0 Å². The topological polar surface area (TPSA) is 38.7 Å². The van der Waals surface area contributed by atoms with E-state index in [1.807, 2.05) is 0 Å². The van der Waals surface area contributed by atoms with Crippen molar-refractivity contribution in [1.29, 1.82) is 0 Å². The molecule has 0 saturated heterocycles. The third-order valence-electron chi connectivity index (χ3n) is 0.409. The van der Waals surface area contributed by atoms with Crippen molar-refractivity contribution in [2.75, 3.05) is 0 Å². The van der Waals surface area contributed by atoms with E-state index in [1.165, 1.54) is 0 Å². The van der Waals surface area contributed by atoms with Crippen LogP contribution in [0.25, 0.3) is 0 Å². The molecule has 0 spiro atoms. The standard InChI is InChI=1S/B3N3/c1-2-4-6-5-3-1. The van der Waals surface area contributed by atoms with Crippen molar-refractivity contribution in [3.05, 3.63) is 0 Å². The van der Waals surface area contributed by atoms with Crippen LogP contribution < -0.4 is 0 Å². The fourth-order valence-corrected chi connectivity index (χ4v) is 0.205. The zero-order valence-corrected chi connectivity index (χ0v) is 3.07. The molecule has 0 aliphatic carbocycles. The molecule has 3 nitrogen and oxygen atoms in total. The summed E-state index contributed by atoms with van der Waals surface area (Å²) in [7, 11) is 0. The van der Waals surface area contributed by atoms with E-state index >= 15 is 0 Å². The maximum absolute atomic E-state index is 3.42. The first-order valence-electron chi connectivity index (χ1n) is 1.58. The number of hydrogen-bond acceptors (Lipinski definition) is 3. The molecule has 6 heavy (non-hydrogen) atoms. The molecule has 0 N–H and O–H groups in total. The molecule has 0 fully saturated rings. The molecule has 1 heterocycles. The van der Waals surface area contributed by atoms with Crippen molar-refractivity contribution in [1.82, 2.24) is 15.2 Å². The second-order valence-electron chi connectivity index (χ2n) is 0.811. The molecular formula is B3N3. The van der Waals surface area contributed by atoms with Gasteiger partial charge in [0.1, 0.15) is 0 Å². The van der Waals surface area contributed by atoms with Crippen LogP contribution in [0, 0.1) is 0 Å².